The molecule has 0 aliphatic heterocycles. The van der Waals surface area contributed by atoms with Crippen molar-refractivity contribution in [1.82, 2.24) is 4.98 Å². The highest BCUT2D eigenvalue weighted by molar-refractivity contribution is 6.31. The topological polar surface area (TPSA) is 70.2 Å². The Balaban J connectivity index is 2.35. The van der Waals surface area contributed by atoms with Crippen molar-refractivity contribution in [2.24, 2.45) is 0 Å². The molecule has 0 saturated heterocycles. The number of halogens is 1. The van der Waals surface area contributed by atoms with Gasteiger partial charge in [-0.15, -0.1) is 0 Å². The van der Waals surface area contributed by atoms with Gasteiger partial charge >= 0.3 is 5.97 Å². The summed E-state index contributed by atoms with van der Waals surface area (Å²) in [7, 11) is 0. The average Bonchev–Trinajstić information content (AvgIpc) is 2.81. The molecule has 1 aromatic carbocycles. The number of benzene rings is 1. The molecule has 0 amide bonds. The molecule has 0 spiro atoms. The first-order chi connectivity index (χ1) is 8.49. The second-order valence-corrected chi connectivity index (χ2v) is 4.31. The second-order valence-electron chi connectivity index (χ2n) is 3.90. The third-order valence-electron chi connectivity index (χ3n) is 2.61. The highest BCUT2D eigenvalue weighted by Crippen LogP contribution is 2.19. The van der Waals surface area contributed by atoms with Gasteiger partial charge in [0.1, 0.15) is 5.69 Å². The van der Waals surface area contributed by atoms with E-state index in [4.69, 9.17) is 16.7 Å². The molecule has 4 nitrogen and oxygen atoms in total. The Labute approximate surface area is 108 Å². The summed E-state index contributed by atoms with van der Waals surface area (Å²) >= 11 is 5.95. The maximum Gasteiger partial charge on any atom is 0.352 e. The molecule has 0 atom stereocenters. The summed E-state index contributed by atoms with van der Waals surface area (Å²) in [6.07, 6.45) is 1.37. The Morgan fingerprint density at radius 2 is 1.94 bits per heavy atom. The second kappa shape index (κ2) is 4.66. The van der Waals surface area contributed by atoms with E-state index in [1.165, 1.54) is 12.3 Å². The van der Waals surface area contributed by atoms with Crippen LogP contribution in [-0.4, -0.2) is 21.8 Å². The van der Waals surface area contributed by atoms with Gasteiger partial charge in [0.05, 0.1) is 0 Å². The van der Waals surface area contributed by atoms with E-state index in [-0.39, 0.29) is 11.5 Å². The highest BCUT2D eigenvalue weighted by atomic mass is 35.5. The number of aromatic carboxylic acids is 1. The van der Waals surface area contributed by atoms with Crippen LogP contribution in [0, 0.1) is 6.92 Å². The van der Waals surface area contributed by atoms with Crippen molar-refractivity contribution in [3.8, 4) is 0 Å². The summed E-state index contributed by atoms with van der Waals surface area (Å²) in [4.78, 5) is 25.3. The first kappa shape index (κ1) is 12.4. The van der Waals surface area contributed by atoms with Gasteiger partial charge in [-0.2, -0.15) is 0 Å². The number of carboxylic acid groups (broad SMARTS) is 1. The van der Waals surface area contributed by atoms with E-state index in [0.29, 0.717) is 16.1 Å². The minimum Gasteiger partial charge on any atom is -0.477 e. The van der Waals surface area contributed by atoms with Crippen molar-refractivity contribution in [3.63, 3.8) is 0 Å². The van der Waals surface area contributed by atoms with Gasteiger partial charge in [0, 0.05) is 22.3 Å². The number of aryl methyl sites for hydroxylation is 1. The molecule has 0 aliphatic rings. The molecule has 18 heavy (non-hydrogen) atoms. The summed E-state index contributed by atoms with van der Waals surface area (Å²) in [5.74, 6) is -1.36. The van der Waals surface area contributed by atoms with Crippen molar-refractivity contribution in [3.05, 3.63) is 57.9 Å². The molecular formula is C13H10ClNO3. The zero-order valence-electron chi connectivity index (χ0n) is 9.53. The van der Waals surface area contributed by atoms with E-state index in [2.05, 4.69) is 4.98 Å². The lowest BCUT2D eigenvalue weighted by atomic mass is 10.0. The van der Waals surface area contributed by atoms with Gasteiger partial charge < -0.3 is 10.1 Å². The highest BCUT2D eigenvalue weighted by Gasteiger charge is 2.14. The zero-order chi connectivity index (χ0) is 13.3. The SMILES string of the molecule is Cc1ccc(C(=O)c2c[nH]c(C(=O)O)c2)cc1Cl. The van der Waals surface area contributed by atoms with Gasteiger partial charge in [0.25, 0.3) is 0 Å². The smallest absolute Gasteiger partial charge is 0.352 e. The Kier molecular flexibility index (Phi) is 3.21. The van der Waals surface area contributed by atoms with Crippen LogP contribution in [0.1, 0.15) is 32.0 Å². The molecule has 0 unspecified atom stereocenters. The number of aromatic amines is 1. The van der Waals surface area contributed by atoms with Crippen molar-refractivity contribution in [1.29, 1.82) is 0 Å². The summed E-state index contributed by atoms with van der Waals surface area (Å²) in [5, 5.41) is 9.28. The number of carbonyl (C=O) groups is 2. The maximum atomic E-state index is 12.1. The number of nitrogens with one attached hydrogen (secondary N) is 1. The maximum absolute atomic E-state index is 12.1. The van der Waals surface area contributed by atoms with Crippen molar-refractivity contribution in [2.45, 2.75) is 6.92 Å². The molecular weight excluding hydrogens is 254 g/mol. The molecule has 0 aliphatic carbocycles. The van der Waals surface area contributed by atoms with E-state index in [1.807, 2.05) is 6.92 Å². The average molecular weight is 264 g/mol. The van der Waals surface area contributed by atoms with Crippen LogP contribution in [0.15, 0.2) is 30.5 Å². The molecule has 2 N–H and O–H groups in total. The standard InChI is InChI=1S/C13H10ClNO3/c1-7-2-3-8(4-10(7)14)12(16)9-5-11(13(17)18)15-6-9/h2-6,15H,1H3,(H,17,18). The van der Waals surface area contributed by atoms with Crippen LogP contribution in [-0.2, 0) is 0 Å². The lowest BCUT2D eigenvalue weighted by molar-refractivity contribution is 0.0691. The summed E-state index contributed by atoms with van der Waals surface area (Å²) in [5.41, 5.74) is 1.60. The Bertz CT molecular complexity index is 631. The summed E-state index contributed by atoms with van der Waals surface area (Å²) < 4.78 is 0. The van der Waals surface area contributed by atoms with Gasteiger partial charge in [0.15, 0.2) is 5.78 Å². The summed E-state index contributed by atoms with van der Waals surface area (Å²) in [6.45, 7) is 1.84. The number of carboxylic acids is 1. The van der Waals surface area contributed by atoms with Gasteiger partial charge in [0.2, 0.25) is 0 Å². The van der Waals surface area contributed by atoms with Crippen LogP contribution in [0.25, 0.3) is 0 Å². The first-order valence-electron chi connectivity index (χ1n) is 5.21. The van der Waals surface area contributed by atoms with Crippen LogP contribution in [0.4, 0.5) is 0 Å². The monoisotopic (exact) mass is 263 g/mol. The molecule has 1 aromatic heterocycles. The van der Waals surface area contributed by atoms with E-state index in [0.717, 1.165) is 5.56 Å². The van der Waals surface area contributed by atoms with Crippen LogP contribution in [0.5, 0.6) is 0 Å². The zero-order valence-corrected chi connectivity index (χ0v) is 10.3. The number of aromatic nitrogens is 1. The number of carbonyl (C=O) groups excluding carboxylic acids is 1. The van der Waals surface area contributed by atoms with Crippen LogP contribution < -0.4 is 0 Å². The molecule has 1 heterocycles. The molecule has 0 fully saturated rings. The molecule has 0 saturated carbocycles. The fourth-order valence-corrected chi connectivity index (χ4v) is 1.73. The third-order valence-corrected chi connectivity index (χ3v) is 3.02. The molecule has 2 aromatic rings. The van der Waals surface area contributed by atoms with E-state index in [1.54, 1.807) is 18.2 Å². The minimum absolute atomic E-state index is 0.0171. The molecule has 5 heteroatoms. The quantitative estimate of drug-likeness (QED) is 0.837. The van der Waals surface area contributed by atoms with Crippen LogP contribution in [0.3, 0.4) is 0 Å². The number of H-pyrrole nitrogens is 1. The largest absolute Gasteiger partial charge is 0.477 e. The lowest BCUT2D eigenvalue weighted by Gasteiger charge is -2.01. The number of hydrogen-bond acceptors (Lipinski definition) is 2. The predicted octanol–water partition coefficient (Wildman–Crippen LogP) is 2.91. The molecule has 0 radical (unpaired) electrons. The Morgan fingerprint density at radius 1 is 1.22 bits per heavy atom. The van der Waals surface area contributed by atoms with Crippen molar-refractivity contribution < 1.29 is 14.7 Å². The number of ketones is 1. The molecule has 2 rings (SSSR count). The van der Waals surface area contributed by atoms with Crippen molar-refractivity contribution >= 4 is 23.4 Å². The fourth-order valence-electron chi connectivity index (χ4n) is 1.55. The van der Waals surface area contributed by atoms with E-state index >= 15 is 0 Å². The molecule has 92 valence electrons. The minimum atomic E-state index is -1.10. The van der Waals surface area contributed by atoms with Gasteiger partial charge in [-0.1, -0.05) is 23.7 Å². The van der Waals surface area contributed by atoms with Gasteiger partial charge in [-0.05, 0) is 24.6 Å². The molecule has 0 bridgehead atoms. The van der Waals surface area contributed by atoms with Crippen LogP contribution >= 0.6 is 11.6 Å². The third kappa shape index (κ3) is 2.28. The van der Waals surface area contributed by atoms with E-state index in [9.17, 15) is 9.59 Å². The van der Waals surface area contributed by atoms with Crippen LogP contribution in [0.2, 0.25) is 5.02 Å². The van der Waals surface area contributed by atoms with Crippen molar-refractivity contribution in [2.75, 3.05) is 0 Å². The van der Waals surface area contributed by atoms with E-state index < -0.39 is 5.97 Å². The Morgan fingerprint density at radius 3 is 2.50 bits per heavy atom. The summed E-state index contributed by atoms with van der Waals surface area (Å²) in [6, 6.07) is 6.29. The lowest BCUT2D eigenvalue weighted by Crippen LogP contribution is -2.00. The van der Waals surface area contributed by atoms with Gasteiger partial charge in [-0.25, -0.2) is 4.79 Å². The normalized spacial score (nSPS) is 10.3. The first-order valence-corrected chi connectivity index (χ1v) is 5.59. The Hall–Kier alpha value is -2.07. The van der Waals surface area contributed by atoms with Gasteiger partial charge in [-0.3, -0.25) is 4.79 Å². The number of hydrogen-bond donors (Lipinski definition) is 2. The number of rotatable bonds is 3. The fraction of sp³-hybridized carbons (Fsp3) is 0.0769. The predicted molar refractivity (Wildman–Crippen MR) is 67.4 cm³/mol.